The van der Waals surface area contributed by atoms with Gasteiger partial charge in [-0.1, -0.05) is 18.2 Å². The number of ether oxygens (including phenoxy) is 1. The van der Waals surface area contributed by atoms with Gasteiger partial charge in [-0.2, -0.15) is 5.10 Å². The van der Waals surface area contributed by atoms with Crippen molar-refractivity contribution in [3.05, 3.63) is 90.0 Å². The Morgan fingerprint density at radius 2 is 2.00 bits per heavy atom. The van der Waals surface area contributed by atoms with Crippen molar-refractivity contribution in [2.45, 2.75) is 31.7 Å². The molecule has 2 N–H and O–H groups in total. The molecule has 0 fully saturated rings. The number of aromatic nitrogens is 4. The molecule has 5 aromatic rings. The Balaban J connectivity index is 1.21. The van der Waals surface area contributed by atoms with Gasteiger partial charge in [0.25, 0.3) is 0 Å². The largest absolute Gasteiger partial charge is 0.493 e. The molecule has 0 spiro atoms. The van der Waals surface area contributed by atoms with E-state index in [1.807, 2.05) is 48.5 Å². The van der Waals surface area contributed by atoms with Crippen LogP contribution in [0.3, 0.4) is 0 Å². The van der Waals surface area contributed by atoms with Crippen LogP contribution in [0.25, 0.3) is 21.8 Å². The number of benzene rings is 2. The van der Waals surface area contributed by atoms with Gasteiger partial charge in [0, 0.05) is 35.6 Å². The summed E-state index contributed by atoms with van der Waals surface area (Å²) in [6.07, 6.45) is 6.24. The quantitative estimate of drug-likeness (QED) is 0.313. The van der Waals surface area contributed by atoms with Gasteiger partial charge in [-0.3, -0.25) is 19.4 Å². The molecule has 6 rings (SSSR count). The van der Waals surface area contributed by atoms with Gasteiger partial charge < -0.3 is 15.2 Å². The molecule has 0 saturated carbocycles. The third-order valence-electron chi connectivity index (χ3n) is 6.79. The zero-order chi connectivity index (χ0) is 25.2. The third-order valence-corrected chi connectivity index (χ3v) is 6.79. The first-order valence-electron chi connectivity index (χ1n) is 12.5. The highest BCUT2D eigenvalue weighted by Crippen LogP contribution is 2.30. The molecule has 1 aliphatic heterocycles. The molecule has 0 radical (unpaired) electrons. The predicted molar refractivity (Wildman–Crippen MR) is 142 cm³/mol. The van der Waals surface area contributed by atoms with E-state index in [2.05, 4.69) is 27.5 Å². The number of carbonyl (C=O) groups is 1. The van der Waals surface area contributed by atoms with Crippen LogP contribution in [0.15, 0.2) is 73.1 Å². The number of aryl methyl sites for hydroxylation is 1. The zero-order valence-corrected chi connectivity index (χ0v) is 20.3. The fraction of sp³-hybridized carbons (Fsp3) is 0.241. The Morgan fingerprint density at radius 1 is 1.08 bits per heavy atom. The number of hydrogen-bond donors (Lipinski definition) is 2. The lowest BCUT2D eigenvalue weighted by molar-refractivity contribution is -0.137. The number of pyridine rings is 2. The van der Waals surface area contributed by atoms with Gasteiger partial charge in [-0.05, 0) is 60.9 Å². The molecule has 4 heterocycles. The highest BCUT2D eigenvalue weighted by Gasteiger charge is 2.21. The Kier molecular flexibility index (Phi) is 6.14. The van der Waals surface area contributed by atoms with Crippen LogP contribution in [-0.2, 0) is 17.6 Å². The van der Waals surface area contributed by atoms with E-state index in [0.29, 0.717) is 6.61 Å². The fourth-order valence-corrected chi connectivity index (χ4v) is 4.94. The van der Waals surface area contributed by atoms with E-state index in [1.165, 1.54) is 0 Å². The maximum atomic E-state index is 11.8. The molecule has 1 unspecified atom stereocenters. The van der Waals surface area contributed by atoms with Crippen LogP contribution in [0, 0.1) is 0 Å². The van der Waals surface area contributed by atoms with Crippen LogP contribution in [0.4, 0.5) is 5.69 Å². The Labute approximate surface area is 213 Å². The van der Waals surface area contributed by atoms with Crippen molar-refractivity contribution in [1.82, 2.24) is 19.7 Å². The van der Waals surface area contributed by atoms with Crippen molar-refractivity contribution < 1.29 is 14.6 Å². The lowest BCUT2D eigenvalue weighted by Crippen LogP contribution is -2.16. The molecule has 3 aromatic heterocycles. The minimum Gasteiger partial charge on any atom is -0.493 e. The highest BCUT2D eigenvalue weighted by atomic mass is 16.5. The van der Waals surface area contributed by atoms with Crippen molar-refractivity contribution in [2.24, 2.45) is 0 Å². The summed E-state index contributed by atoms with van der Waals surface area (Å²) in [6.45, 7) is 1.52. The predicted octanol–water partition coefficient (Wildman–Crippen LogP) is 5.02. The van der Waals surface area contributed by atoms with Gasteiger partial charge >= 0.3 is 5.97 Å². The zero-order valence-electron chi connectivity index (χ0n) is 20.3. The maximum absolute atomic E-state index is 11.8. The van der Waals surface area contributed by atoms with E-state index >= 15 is 0 Å². The monoisotopic (exact) mass is 493 g/mol. The van der Waals surface area contributed by atoms with Gasteiger partial charge in [0.1, 0.15) is 5.75 Å². The smallest absolute Gasteiger partial charge is 0.305 e. The average molecular weight is 494 g/mol. The molecule has 0 amide bonds. The maximum Gasteiger partial charge on any atom is 0.305 e. The van der Waals surface area contributed by atoms with Crippen molar-refractivity contribution in [2.75, 3.05) is 18.5 Å². The second-order valence-corrected chi connectivity index (χ2v) is 9.31. The molecule has 37 heavy (non-hydrogen) atoms. The summed E-state index contributed by atoms with van der Waals surface area (Å²) in [6, 6.07) is 19.3. The molecule has 1 aliphatic rings. The SMILES string of the molecule is O=C(O)CC(c1cnc2ccccc2c1)n1ncc2cc(OCCc3ccc4c(n3)CCCN4)ccc21. The van der Waals surface area contributed by atoms with E-state index in [4.69, 9.17) is 9.72 Å². The van der Waals surface area contributed by atoms with Gasteiger partial charge in [-0.15, -0.1) is 0 Å². The molecule has 1 atom stereocenters. The number of para-hydroxylation sites is 1. The van der Waals surface area contributed by atoms with Crippen LogP contribution in [-0.4, -0.2) is 44.0 Å². The van der Waals surface area contributed by atoms with Crippen LogP contribution in [0.2, 0.25) is 0 Å². The standard InChI is InChI=1S/C29H27N5O3/c35-29(36)16-28(20-14-19-4-1-2-5-24(19)31-17-20)34-27-10-8-23(15-21(27)18-32-34)37-13-11-22-7-9-25-26(33-22)6-3-12-30-25/h1-2,4-5,7-10,14-15,17-18,28,30H,3,6,11-13,16H2,(H,35,36). The Bertz CT molecular complexity index is 1600. The summed E-state index contributed by atoms with van der Waals surface area (Å²) < 4.78 is 7.80. The molecule has 8 heteroatoms. The van der Waals surface area contributed by atoms with Gasteiger partial charge in [0.15, 0.2) is 0 Å². The fourth-order valence-electron chi connectivity index (χ4n) is 4.94. The lowest BCUT2D eigenvalue weighted by Gasteiger charge is -2.18. The molecular formula is C29H27N5O3. The first kappa shape index (κ1) is 23.0. The van der Waals surface area contributed by atoms with Gasteiger partial charge in [0.2, 0.25) is 0 Å². The number of rotatable bonds is 8. The molecule has 8 nitrogen and oxygen atoms in total. The average Bonchev–Trinajstić information content (AvgIpc) is 3.34. The van der Waals surface area contributed by atoms with Crippen molar-refractivity contribution in [3.8, 4) is 5.75 Å². The molecule has 0 aliphatic carbocycles. The second-order valence-electron chi connectivity index (χ2n) is 9.31. The first-order valence-corrected chi connectivity index (χ1v) is 12.5. The Hall–Kier alpha value is -4.46. The molecule has 186 valence electrons. The minimum atomic E-state index is -0.895. The van der Waals surface area contributed by atoms with Crippen LogP contribution in [0.5, 0.6) is 5.75 Å². The molecular weight excluding hydrogens is 466 g/mol. The highest BCUT2D eigenvalue weighted by molar-refractivity contribution is 5.82. The summed E-state index contributed by atoms with van der Waals surface area (Å²) in [4.78, 5) is 21.1. The number of hydrogen-bond acceptors (Lipinski definition) is 6. The number of nitrogens with zero attached hydrogens (tertiary/aromatic N) is 4. The summed E-state index contributed by atoms with van der Waals surface area (Å²) >= 11 is 0. The van der Waals surface area contributed by atoms with Gasteiger partial charge in [-0.25, -0.2) is 0 Å². The first-order chi connectivity index (χ1) is 18.1. The summed E-state index contributed by atoms with van der Waals surface area (Å²) in [5.41, 5.74) is 5.82. The summed E-state index contributed by atoms with van der Waals surface area (Å²) in [5, 5.41) is 19.5. The lowest BCUT2D eigenvalue weighted by atomic mass is 10.0. The Morgan fingerprint density at radius 3 is 2.92 bits per heavy atom. The number of carboxylic acid groups (broad SMARTS) is 1. The second kappa shape index (κ2) is 9.89. The van der Waals surface area contributed by atoms with E-state index in [-0.39, 0.29) is 6.42 Å². The third kappa shape index (κ3) is 4.82. The van der Waals surface area contributed by atoms with Crippen LogP contribution >= 0.6 is 0 Å². The number of fused-ring (bicyclic) bond motifs is 3. The number of aliphatic carboxylic acids is 1. The van der Waals surface area contributed by atoms with E-state index < -0.39 is 12.0 Å². The molecule has 0 bridgehead atoms. The molecule has 2 aromatic carbocycles. The van der Waals surface area contributed by atoms with E-state index in [9.17, 15) is 9.90 Å². The number of nitrogens with one attached hydrogen (secondary N) is 1. The molecule has 0 saturated heterocycles. The topological polar surface area (TPSA) is 102 Å². The number of carboxylic acids is 1. The normalized spacial score (nSPS) is 13.7. The van der Waals surface area contributed by atoms with E-state index in [0.717, 1.165) is 76.0 Å². The summed E-state index contributed by atoms with van der Waals surface area (Å²) in [7, 11) is 0. The van der Waals surface area contributed by atoms with Crippen LogP contribution < -0.4 is 10.1 Å². The summed E-state index contributed by atoms with van der Waals surface area (Å²) in [5.74, 6) is -0.151. The minimum absolute atomic E-state index is 0.0989. The van der Waals surface area contributed by atoms with E-state index in [1.54, 1.807) is 17.1 Å². The van der Waals surface area contributed by atoms with Crippen molar-refractivity contribution in [1.29, 1.82) is 0 Å². The van der Waals surface area contributed by atoms with Gasteiger partial charge in [0.05, 0.1) is 47.7 Å². The number of anilines is 1. The van der Waals surface area contributed by atoms with Crippen LogP contribution in [0.1, 0.15) is 35.8 Å². The van der Waals surface area contributed by atoms with Crippen molar-refractivity contribution in [3.63, 3.8) is 0 Å². The van der Waals surface area contributed by atoms with Crippen molar-refractivity contribution >= 4 is 33.5 Å².